The molecule has 1 heterocycles. The summed E-state index contributed by atoms with van der Waals surface area (Å²) >= 11 is 0. The molecule has 0 spiro atoms. The van der Waals surface area contributed by atoms with Crippen LogP contribution in [0.5, 0.6) is 0 Å². The van der Waals surface area contributed by atoms with E-state index in [0.717, 1.165) is 12.1 Å². The highest BCUT2D eigenvalue weighted by Crippen LogP contribution is 2.20. The summed E-state index contributed by atoms with van der Waals surface area (Å²) in [4.78, 5) is 25.6. The van der Waals surface area contributed by atoms with Crippen LogP contribution >= 0.6 is 0 Å². The number of aromatic amines is 1. The van der Waals surface area contributed by atoms with Gasteiger partial charge in [-0.25, -0.2) is 8.78 Å². The molecule has 0 radical (unpaired) electrons. The lowest BCUT2D eigenvalue weighted by molar-refractivity contribution is 0.102. The normalized spacial score (nSPS) is 10.6. The van der Waals surface area contributed by atoms with Gasteiger partial charge in [-0.1, -0.05) is 6.07 Å². The smallest absolute Gasteiger partial charge is 0.255 e. The minimum Gasteiger partial charge on any atom is -0.322 e. The van der Waals surface area contributed by atoms with Crippen LogP contribution in [-0.2, 0) is 0 Å². The van der Waals surface area contributed by atoms with Crippen molar-refractivity contribution < 1.29 is 13.6 Å². The summed E-state index contributed by atoms with van der Waals surface area (Å²) in [5.74, 6) is -1.75. The first kappa shape index (κ1) is 13.9. The number of nitrogens with one attached hydrogen (secondary N) is 2. The first-order chi connectivity index (χ1) is 10.5. The molecule has 2 N–H and O–H groups in total. The van der Waals surface area contributed by atoms with Gasteiger partial charge in [-0.2, -0.15) is 0 Å². The second-order valence-corrected chi connectivity index (χ2v) is 4.71. The monoisotopic (exact) mass is 300 g/mol. The maximum Gasteiger partial charge on any atom is 0.255 e. The molecule has 3 aromatic rings. The molecular formula is C16H10F2N2O2. The van der Waals surface area contributed by atoms with Crippen LogP contribution < -0.4 is 10.9 Å². The van der Waals surface area contributed by atoms with Crippen LogP contribution in [0.25, 0.3) is 10.9 Å². The maximum absolute atomic E-state index is 14.0. The molecule has 6 heteroatoms. The lowest BCUT2D eigenvalue weighted by Gasteiger charge is -2.07. The van der Waals surface area contributed by atoms with Gasteiger partial charge in [0.2, 0.25) is 5.56 Å². The van der Waals surface area contributed by atoms with E-state index in [1.807, 2.05) is 0 Å². The number of anilines is 1. The average molecular weight is 300 g/mol. The van der Waals surface area contributed by atoms with E-state index >= 15 is 0 Å². The van der Waals surface area contributed by atoms with Crippen molar-refractivity contribution in [1.82, 2.24) is 4.98 Å². The summed E-state index contributed by atoms with van der Waals surface area (Å²) in [7, 11) is 0. The lowest BCUT2D eigenvalue weighted by Crippen LogP contribution is -2.12. The molecule has 0 bridgehead atoms. The number of aromatic nitrogens is 1. The molecule has 22 heavy (non-hydrogen) atoms. The number of benzene rings is 2. The largest absolute Gasteiger partial charge is 0.322 e. The number of hydrogen-bond acceptors (Lipinski definition) is 2. The third kappa shape index (κ3) is 2.71. The van der Waals surface area contributed by atoms with Crippen LogP contribution in [0.1, 0.15) is 10.4 Å². The quantitative estimate of drug-likeness (QED) is 0.764. The fourth-order valence-corrected chi connectivity index (χ4v) is 2.13. The van der Waals surface area contributed by atoms with E-state index in [-0.39, 0.29) is 16.8 Å². The van der Waals surface area contributed by atoms with Crippen LogP contribution in [0.3, 0.4) is 0 Å². The molecule has 0 fully saturated rings. The topological polar surface area (TPSA) is 62.0 Å². The van der Waals surface area contributed by atoms with Crippen molar-refractivity contribution >= 4 is 22.5 Å². The fourth-order valence-electron chi connectivity index (χ4n) is 2.13. The SMILES string of the molecule is O=C(Nc1cc(F)c2[nH]c(=O)ccc2c1)c1cccc(F)c1. The first-order valence-corrected chi connectivity index (χ1v) is 6.42. The number of carbonyl (C=O) groups excluding carboxylic acids is 1. The van der Waals surface area contributed by atoms with Gasteiger partial charge in [-0.05, 0) is 36.4 Å². The standard InChI is InChI=1S/C16H10F2N2O2/c17-11-3-1-2-10(6-11)16(22)19-12-7-9-4-5-14(21)20-15(9)13(18)8-12/h1-8H,(H,19,22)(H,20,21). The summed E-state index contributed by atoms with van der Waals surface area (Å²) in [6.07, 6.45) is 0. The highest BCUT2D eigenvalue weighted by Gasteiger charge is 2.10. The number of H-pyrrole nitrogens is 1. The minimum absolute atomic E-state index is 0.0660. The Bertz CT molecular complexity index is 935. The van der Waals surface area contributed by atoms with Crippen molar-refractivity contribution in [2.45, 2.75) is 0 Å². The van der Waals surface area contributed by atoms with Gasteiger partial charge in [0.15, 0.2) is 0 Å². The predicted octanol–water partition coefficient (Wildman–Crippen LogP) is 3.06. The minimum atomic E-state index is -0.662. The van der Waals surface area contributed by atoms with E-state index in [1.54, 1.807) is 0 Å². The second kappa shape index (κ2) is 5.40. The summed E-state index contributed by atoms with van der Waals surface area (Å²) in [6.45, 7) is 0. The van der Waals surface area contributed by atoms with Gasteiger partial charge in [0, 0.05) is 22.7 Å². The van der Waals surface area contributed by atoms with E-state index in [4.69, 9.17) is 0 Å². The highest BCUT2D eigenvalue weighted by molar-refractivity contribution is 6.05. The first-order valence-electron chi connectivity index (χ1n) is 6.42. The molecule has 3 rings (SSSR count). The lowest BCUT2D eigenvalue weighted by atomic mass is 10.1. The Balaban J connectivity index is 1.96. The molecule has 1 aromatic heterocycles. The molecule has 0 saturated carbocycles. The second-order valence-electron chi connectivity index (χ2n) is 4.71. The third-order valence-electron chi connectivity index (χ3n) is 3.13. The Hall–Kier alpha value is -3.02. The Labute approximate surface area is 123 Å². The third-order valence-corrected chi connectivity index (χ3v) is 3.13. The van der Waals surface area contributed by atoms with Gasteiger partial charge in [0.1, 0.15) is 11.6 Å². The molecule has 0 aliphatic rings. The summed E-state index contributed by atoms with van der Waals surface area (Å²) < 4.78 is 27.1. The van der Waals surface area contributed by atoms with E-state index < -0.39 is 23.1 Å². The van der Waals surface area contributed by atoms with Crippen molar-refractivity contribution in [3.63, 3.8) is 0 Å². The van der Waals surface area contributed by atoms with E-state index in [0.29, 0.717) is 5.39 Å². The molecule has 2 aromatic carbocycles. The number of pyridine rings is 1. The zero-order valence-electron chi connectivity index (χ0n) is 11.2. The van der Waals surface area contributed by atoms with Crippen molar-refractivity contribution in [3.8, 4) is 0 Å². The predicted molar refractivity (Wildman–Crippen MR) is 78.9 cm³/mol. The van der Waals surface area contributed by atoms with Gasteiger partial charge >= 0.3 is 0 Å². The Morgan fingerprint density at radius 2 is 1.86 bits per heavy atom. The summed E-state index contributed by atoms with van der Waals surface area (Å²) in [5.41, 5.74) is -0.00696. The van der Waals surface area contributed by atoms with Crippen LogP contribution in [0.2, 0.25) is 0 Å². The molecule has 0 saturated heterocycles. The van der Waals surface area contributed by atoms with Crippen LogP contribution in [0.15, 0.2) is 53.3 Å². The Morgan fingerprint density at radius 3 is 2.64 bits per heavy atom. The average Bonchev–Trinajstić information content (AvgIpc) is 2.48. The summed E-state index contributed by atoms with van der Waals surface area (Å²) in [6, 6.07) is 10.5. The van der Waals surface area contributed by atoms with Crippen molar-refractivity contribution in [1.29, 1.82) is 0 Å². The van der Waals surface area contributed by atoms with Gasteiger partial charge in [0.25, 0.3) is 5.91 Å². The van der Waals surface area contributed by atoms with Crippen molar-refractivity contribution in [3.05, 3.63) is 76.1 Å². The number of amides is 1. The molecule has 1 amide bonds. The number of carbonyl (C=O) groups is 1. The fraction of sp³-hybridized carbons (Fsp3) is 0. The number of halogens is 2. The highest BCUT2D eigenvalue weighted by atomic mass is 19.1. The Kier molecular flexibility index (Phi) is 3.42. The Morgan fingerprint density at radius 1 is 1.05 bits per heavy atom. The molecule has 110 valence electrons. The van der Waals surface area contributed by atoms with E-state index in [1.165, 1.54) is 36.4 Å². The van der Waals surface area contributed by atoms with E-state index in [2.05, 4.69) is 10.3 Å². The van der Waals surface area contributed by atoms with Crippen LogP contribution in [0, 0.1) is 11.6 Å². The molecule has 4 nitrogen and oxygen atoms in total. The zero-order chi connectivity index (χ0) is 15.7. The number of fused-ring (bicyclic) bond motifs is 1. The van der Waals surface area contributed by atoms with Gasteiger partial charge in [-0.3, -0.25) is 9.59 Å². The maximum atomic E-state index is 14.0. The van der Waals surface area contributed by atoms with Crippen LogP contribution in [0.4, 0.5) is 14.5 Å². The molecule has 0 atom stereocenters. The molecule has 0 aliphatic carbocycles. The molecule has 0 aliphatic heterocycles. The van der Waals surface area contributed by atoms with E-state index in [9.17, 15) is 18.4 Å². The summed E-state index contributed by atoms with van der Waals surface area (Å²) in [5, 5.41) is 2.93. The molecule has 0 unspecified atom stereocenters. The molecular weight excluding hydrogens is 290 g/mol. The number of rotatable bonds is 2. The number of hydrogen-bond donors (Lipinski definition) is 2. The zero-order valence-corrected chi connectivity index (χ0v) is 11.2. The van der Waals surface area contributed by atoms with Gasteiger partial charge < -0.3 is 10.3 Å². The van der Waals surface area contributed by atoms with Crippen LogP contribution in [-0.4, -0.2) is 10.9 Å². The van der Waals surface area contributed by atoms with Gasteiger partial charge in [-0.15, -0.1) is 0 Å². The van der Waals surface area contributed by atoms with Crippen molar-refractivity contribution in [2.75, 3.05) is 5.32 Å². The van der Waals surface area contributed by atoms with Gasteiger partial charge in [0.05, 0.1) is 5.52 Å². The van der Waals surface area contributed by atoms with Crippen molar-refractivity contribution in [2.24, 2.45) is 0 Å².